The van der Waals surface area contributed by atoms with Gasteiger partial charge in [0, 0.05) is 22.1 Å². The summed E-state index contributed by atoms with van der Waals surface area (Å²) in [6.45, 7) is 6.08. The minimum absolute atomic E-state index is 0.515. The van der Waals surface area contributed by atoms with E-state index in [2.05, 4.69) is 51.1 Å². The van der Waals surface area contributed by atoms with Crippen LogP contribution in [0.5, 0.6) is 0 Å². The van der Waals surface area contributed by atoms with Gasteiger partial charge in [-0.2, -0.15) is 0 Å². The number of aromatic nitrogens is 2. The maximum atomic E-state index is 6.19. The molecule has 0 amide bonds. The second-order valence-corrected chi connectivity index (χ2v) is 6.01. The Morgan fingerprint density at radius 1 is 1.25 bits per heavy atom. The van der Waals surface area contributed by atoms with E-state index in [9.17, 15) is 0 Å². The molecular formula is C15H17BrClN3. The zero-order valence-electron chi connectivity index (χ0n) is 11.8. The highest BCUT2D eigenvalue weighted by Crippen LogP contribution is 2.27. The van der Waals surface area contributed by atoms with E-state index in [4.69, 9.17) is 11.6 Å². The lowest BCUT2D eigenvalue weighted by Gasteiger charge is -2.13. The summed E-state index contributed by atoms with van der Waals surface area (Å²) < 4.78 is 1.06. The van der Waals surface area contributed by atoms with Crippen LogP contribution in [0.25, 0.3) is 0 Å². The van der Waals surface area contributed by atoms with Crippen molar-refractivity contribution < 1.29 is 0 Å². The monoisotopic (exact) mass is 353 g/mol. The SMILES string of the molecule is CCCc1nc(Cl)c(C)c(Nc2ccc(Br)cc2C)n1. The van der Waals surface area contributed by atoms with Gasteiger partial charge in [-0.25, -0.2) is 9.97 Å². The van der Waals surface area contributed by atoms with Crippen molar-refractivity contribution in [3.63, 3.8) is 0 Å². The molecule has 0 radical (unpaired) electrons. The van der Waals surface area contributed by atoms with Crippen molar-refractivity contribution in [2.75, 3.05) is 5.32 Å². The van der Waals surface area contributed by atoms with Gasteiger partial charge in [0.15, 0.2) is 0 Å². The molecule has 0 bridgehead atoms. The Kier molecular flexibility index (Phi) is 5.00. The number of nitrogens with one attached hydrogen (secondary N) is 1. The second kappa shape index (κ2) is 6.55. The molecule has 0 atom stereocenters. The van der Waals surface area contributed by atoms with Crippen LogP contribution >= 0.6 is 27.5 Å². The van der Waals surface area contributed by atoms with Crippen molar-refractivity contribution >= 4 is 39.0 Å². The molecule has 1 N–H and O–H groups in total. The van der Waals surface area contributed by atoms with E-state index in [1.165, 1.54) is 0 Å². The number of halogens is 2. The summed E-state index contributed by atoms with van der Waals surface area (Å²) in [6, 6.07) is 6.09. The molecule has 1 heterocycles. The summed E-state index contributed by atoms with van der Waals surface area (Å²) in [5.41, 5.74) is 3.04. The molecule has 0 aliphatic heterocycles. The first-order valence-electron chi connectivity index (χ1n) is 6.57. The molecule has 0 aliphatic rings. The normalized spacial score (nSPS) is 10.7. The molecule has 0 saturated heterocycles. The van der Waals surface area contributed by atoms with Gasteiger partial charge in [0.2, 0.25) is 0 Å². The first-order valence-corrected chi connectivity index (χ1v) is 7.74. The van der Waals surface area contributed by atoms with Gasteiger partial charge in [0.05, 0.1) is 0 Å². The van der Waals surface area contributed by atoms with Gasteiger partial charge in [-0.1, -0.05) is 34.5 Å². The summed E-state index contributed by atoms with van der Waals surface area (Å²) in [5.74, 6) is 1.55. The van der Waals surface area contributed by atoms with Crippen LogP contribution < -0.4 is 5.32 Å². The van der Waals surface area contributed by atoms with E-state index in [1.54, 1.807) is 0 Å². The highest BCUT2D eigenvalue weighted by molar-refractivity contribution is 9.10. The van der Waals surface area contributed by atoms with Gasteiger partial charge in [0.1, 0.15) is 16.8 Å². The van der Waals surface area contributed by atoms with E-state index in [-0.39, 0.29) is 0 Å². The van der Waals surface area contributed by atoms with Crippen LogP contribution in [-0.4, -0.2) is 9.97 Å². The summed E-state index contributed by atoms with van der Waals surface area (Å²) in [4.78, 5) is 8.87. The second-order valence-electron chi connectivity index (χ2n) is 4.74. The zero-order chi connectivity index (χ0) is 14.7. The number of aryl methyl sites for hydroxylation is 2. The molecular weight excluding hydrogens is 338 g/mol. The molecule has 0 spiro atoms. The molecule has 0 fully saturated rings. The minimum Gasteiger partial charge on any atom is -0.340 e. The predicted molar refractivity (Wildman–Crippen MR) is 87.9 cm³/mol. The number of hydrogen-bond acceptors (Lipinski definition) is 3. The van der Waals surface area contributed by atoms with E-state index >= 15 is 0 Å². The highest BCUT2D eigenvalue weighted by Gasteiger charge is 2.10. The average Bonchev–Trinajstić information content (AvgIpc) is 2.39. The molecule has 1 aromatic heterocycles. The van der Waals surface area contributed by atoms with Crippen LogP contribution in [-0.2, 0) is 6.42 Å². The minimum atomic E-state index is 0.515. The fraction of sp³-hybridized carbons (Fsp3) is 0.333. The molecule has 106 valence electrons. The van der Waals surface area contributed by atoms with Crippen LogP contribution in [0.2, 0.25) is 5.15 Å². The Bertz CT molecular complexity index is 629. The summed E-state index contributed by atoms with van der Waals surface area (Å²) in [5, 5.41) is 3.87. The number of hydrogen-bond donors (Lipinski definition) is 1. The van der Waals surface area contributed by atoms with Gasteiger partial charge >= 0.3 is 0 Å². The van der Waals surface area contributed by atoms with Gasteiger partial charge in [0.25, 0.3) is 0 Å². The molecule has 20 heavy (non-hydrogen) atoms. The Labute approximate surface area is 132 Å². The smallest absolute Gasteiger partial charge is 0.138 e. The van der Waals surface area contributed by atoms with Crippen LogP contribution in [0.1, 0.15) is 30.3 Å². The number of rotatable bonds is 4. The highest BCUT2D eigenvalue weighted by atomic mass is 79.9. The summed E-state index contributed by atoms with van der Waals surface area (Å²) in [6.07, 6.45) is 1.82. The molecule has 3 nitrogen and oxygen atoms in total. The van der Waals surface area contributed by atoms with Crippen molar-refractivity contribution in [3.05, 3.63) is 44.8 Å². The third kappa shape index (κ3) is 3.49. The fourth-order valence-corrected chi connectivity index (χ4v) is 2.55. The Balaban J connectivity index is 2.37. The van der Waals surface area contributed by atoms with Gasteiger partial charge in [-0.15, -0.1) is 0 Å². The Morgan fingerprint density at radius 2 is 2.00 bits per heavy atom. The van der Waals surface area contributed by atoms with E-state index in [1.807, 2.05) is 19.1 Å². The van der Waals surface area contributed by atoms with Crippen molar-refractivity contribution in [1.29, 1.82) is 0 Å². The van der Waals surface area contributed by atoms with Gasteiger partial charge in [-0.3, -0.25) is 0 Å². The average molecular weight is 355 g/mol. The molecule has 5 heteroatoms. The summed E-state index contributed by atoms with van der Waals surface area (Å²) in [7, 11) is 0. The van der Waals surface area contributed by atoms with Crippen molar-refractivity contribution in [1.82, 2.24) is 9.97 Å². The molecule has 0 unspecified atom stereocenters. The number of benzene rings is 1. The molecule has 1 aromatic carbocycles. The van der Waals surface area contributed by atoms with E-state index in [0.717, 1.165) is 45.8 Å². The molecule has 0 aliphatic carbocycles. The van der Waals surface area contributed by atoms with Gasteiger partial charge < -0.3 is 5.32 Å². The lowest BCUT2D eigenvalue weighted by Crippen LogP contribution is -2.04. The van der Waals surface area contributed by atoms with Crippen LogP contribution in [0.4, 0.5) is 11.5 Å². The summed E-state index contributed by atoms with van der Waals surface area (Å²) >= 11 is 9.65. The van der Waals surface area contributed by atoms with Crippen LogP contribution in [0.15, 0.2) is 22.7 Å². The van der Waals surface area contributed by atoms with E-state index < -0.39 is 0 Å². The maximum absolute atomic E-state index is 6.19. The number of anilines is 2. The van der Waals surface area contributed by atoms with Crippen molar-refractivity contribution in [3.8, 4) is 0 Å². The first-order chi connectivity index (χ1) is 9.51. The largest absolute Gasteiger partial charge is 0.340 e. The van der Waals surface area contributed by atoms with E-state index in [0.29, 0.717) is 5.15 Å². The molecule has 2 aromatic rings. The quantitative estimate of drug-likeness (QED) is 0.766. The standard InChI is InChI=1S/C15H17BrClN3/c1-4-5-13-19-14(17)10(3)15(20-13)18-12-7-6-11(16)8-9(12)2/h6-8H,4-5H2,1-3H3,(H,18,19,20). The van der Waals surface area contributed by atoms with Gasteiger partial charge in [-0.05, 0) is 44.0 Å². The Hall–Kier alpha value is -1.13. The Morgan fingerprint density at radius 3 is 2.65 bits per heavy atom. The van der Waals surface area contributed by atoms with Crippen LogP contribution in [0, 0.1) is 13.8 Å². The fourth-order valence-electron chi connectivity index (χ4n) is 1.88. The molecule has 2 rings (SSSR count). The van der Waals surface area contributed by atoms with Crippen LogP contribution in [0.3, 0.4) is 0 Å². The molecule has 0 saturated carbocycles. The topological polar surface area (TPSA) is 37.8 Å². The lowest BCUT2D eigenvalue weighted by molar-refractivity contribution is 0.833. The lowest BCUT2D eigenvalue weighted by atomic mass is 10.2. The third-order valence-corrected chi connectivity index (χ3v) is 3.91. The van der Waals surface area contributed by atoms with Crippen molar-refractivity contribution in [2.45, 2.75) is 33.6 Å². The van der Waals surface area contributed by atoms with Crippen molar-refractivity contribution in [2.24, 2.45) is 0 Å². The third-order valence-electron chi connectivity index (χ3n) is 3.05. The number of nitrogens with zero attached hydrogens (tertiary/aromatic N) is 2. The predicted octanol–water partition coefficient (Wildman–Crippen LogP) is 5.21. The maximum Gasteiger partial charge on any atom is 0.138 e. The zero-order valence-corrected chi connectivity index (χ0v) is 14.1. The first kappa shape index (κ1) is 15.3.